The molecule has 2 aromatic rings. The van der Waals surface area contributed by atoms with E-state index in [1.165, 1.54) is 6.26 Å². The quantitative estimate of drug-likeness (QED) is 0.855. The number of nitrogens with zero attached hydrogens (tertiary/aromatic N) is 2. The van der Waals surface area contributed by atoms with Crippen LogP contribution in [0.25, 0.3) is 0 Å². The predicted octanol–water partition coefficient (Wildman–Crippen LogP) is 2.76. The summed E-state index contributed by atoms with van der Waals surface area (Å²) in [5.74, 6) is 0.929. The van der Waals surface area contributed by atoms with Crippen molar-refractivity contribution in [1.82, 2.24) is 9.88 Å². The first-order chi connectivity index (χ1) is 12.3. The molecule has 2 saturated heterocycles. The Morgan fingerprint density at radius 3 is 3.12 bits per heavy atom. The monoisotopic (exact) mass is 342 g/mol. The van der Waals surface area contributed by atoms with Gasteiger partial charge in [-0.25, -0.2) is 4.98 Å². The maximum Gasteiger partial charge on any atom is 0.289 e. The molecule has 0 unspecified atom stereocenters. The minimum atomic E-state index is -0.198. The summed E-state index contributed by atoms with van der Waals surface area (Å²) in [6, 6.07) is 9.07. The molecule has 4 heterocycles. The Kier molecular flexibility index (Phi) is 4.44. The SMILES string of the molecule is O=C(c1ccco1)N1CC[C@@H]2OCCC[C@@]2(COc2ccccn2)C1. The zero-order chi connectivity index (χ0) is 17.1. The van der Waals surface area contributed by atoms with Crippen LogP contribution in [0, 0.1) is 5.41 Å². The minimum Gasteiger partial charge on any atom is -0.477 e. The number of piperidine rings is 1. The van der Waals surface area contributed by atoms with Gasteiger partial charge in [-0.05, 0) is 37.5 Å². The van der Waals surface area contributed by atoms with Crippen LogP contribution >= 0.6 is 0 Å². The lowest BCUT2D eigenvalue weighted by Crippen LogP contribution is -2.58. The van der Waals surface area contributed by atoms with Gasteiger partial charge in [-0.15, -0.1) is 0 Å². The van der Waals surface area contributed by atoms with E-state index in [1.54, 1.807) is 18.3 Å². The number of furan rings is 1. The van der Waals surface area contributed by atoms with E-state index in [2.05, 4.69) is 4.98 Å². The standard InChI is InChI=1S/C19H22N2O4/c22-18(15-5-3-11-23-15)21-10-7-16-19(13-21,8-4-12-24-16)14-25-17-6-1-2-9-20-17/h1-3,5-6,9,11,16H,4,7-8,10,12-14H2/t16-,19-/m0/s1. The fourth-order valence-corrected chi connectivity index (χ4v) is 3.88. The molecule has 2 fully saturated rings. The molecular weight excluding hydrogens is 320 g/mol. The molecule has 0 bridgehead atoms. The highest BCUT2D eigenvalue weighted by Crippen LogP contribution is 2.40. The molecule has 2 aliphatic heterocycles. The van der Waals surface area contributed by atoms with Crippen molar-refractivity contribution in [3.8, 4) is 5.88 Å². The average molecular weight is 342 g/mol. The molecule has 132 valence electrons. The van der Waals surface area contributed by atoms with Crippen molar-refractivity contribution in [2.75, 3.05) is 26.3 Å². The van der Waals surface area contributed by atoms with Gasteiger partial charge in [0.15, 0.2) is 5.76 Å². The number of ether oxygens (including phenoxy) is 2. The summed E-state index contributed by atoms with van der Waals surface area (Å²) in [4.78, 5) is 18.8. The van der Waals surface area contributed by atoms with Gasteiger partial charge in [-0.2, -0.15) is 0 Å². The molecule has 0 radical (unpaired) electrons. The predicted molar refractivity (Wildman–Crippen MR) is 90.4 cm³/mol. The normalized spacial score (nSPS) is 26.1. The van der Waals surface area contributed by atoms with Crippen molar-refractivity contribution in [3.05, 3.63) is 48.6 Å². The molecule has 2 atom stereocenters. The molecule has 4 rings (SSSR count). The molecule has 6 nitrogen and oxygen atoms in total. The minimum absolute atomic E-state index is 0.0637. The van der Waals surface area contributed by atoms with Gasteiger partial charge in [0, 0.05) is 37.4 Å². The fourth-order valence-electron chi connectivity index (χ4n) is 3.88. The van der Waals surface area contributed by atoms with Crippen molar-refractivity contribution in [2.24, 2.45) is 5.41 Å². The van der Waals surface area contributed by atoms with E-state index in [0.29, 0.717) is 31.3 Å². The molecule has 0 aliphatic carbocycles. The molecule has 0 saturated carbocycles. The number of pyridine rings is 1. The Morgan fingerprint density at radius 2 is 2.32 bits per heavy atom. The van der Waals surface area contributed by atoms with Gasteiger partial charge in [-0.1, -0.05) is 6.07 Å². The van der Waals surface area contributed by atoms with Crippen molar-refractivity contribution in [2.45, 2.75) is 25.4 Å². The number of likely N-dealkylation sites (tertiary alicyclic amines) is 1. The number of carbonyl (C=O) groups excluding carboxylic acids is 1. The topological polar surface area (TPSA) is 64.8 Å². The molecule has 1 amide bonds. The highest BCUT2D eigenvalue weighted by molar-refractivity contribution is 5.91. The molecule has 0 aromatic carbocycles. The Labute approximate surface area is 146 Å². The average Bonchev–Trinajstić information content (AvgIpc) is 3.21. The molecule has 0 spiro atoms. The van der Waals surface area contributed by atoms with Crippen LogP contribution in [0.1, 0.15) is 29.8 Å². The first kappa shape index (κ1) is 16.1. The van der Waals surface area contributed by atoms with Crippen LogP contribution in [0.4, 0.5) is 0 Å². The number of carbonyl (C=O) groups is 1. The van der Waals surface area contributed by atoms with Crippen LogP contribution < -0.4 is 4.74 Å². The number of amides is 1. The lowest BCUT2D eigenvalue weighted by molar-refractivity contribution is -0.133. The second-order valence-corrected chi connectivity index (χ2v) is 6.77. The van der Waals surface area contributed by atoms with Gasteiger partial charge in [-0.3, -0.25) is 4.79 Å². The number of rotatable bonds is 4. The highest BCUT2D eigenvalue weighted by atomic mass is 16.5. The van der Waals surface area contributed by atoms with E-state index in [9.17, 15) is 4.79 Å². The van der Waals surface area contributed by atoms with Gasteiger partial charge < -0.3 is 18.8 Å². The van der Waals surface area contributed by atoms with Gasteiger partial charge in [0.05, 0.1) is 19.0 Å². The van der Waals surface area contributed by atoms with Crippen molar-refractivity contribution in [3.63, 3.8) is 0 Å². The summed E-state index contributed by atoms with van der Waals surface area (Å²) < 4.78 is 17.3. The summed E-state index contributed by atoms with van der Waals surface area (Å²) in [7, 11) is 0. The molecule has 0 N–H and O–H groups in total. The largest absolute Gasteiger partial charge is 0.477 e. The van der Waals surface area contributed by atoms with E-state index >= 15 is 0 Å². The molecule has 25 heavy (non-hydrogen) atoms. The van der Waals surface area contributed by atoms with Crippen LogP contribution in [-0.2, 0) is 4.74 Å². The fraction of sp³-hybridized carbons (Fsp3) is 0.474. The van der Waals surface area contributed by atoms with E-state index in [-0.39, 0.29) is 17.4 Å². The van der Waals surface area contributed by atoms with Crippen LogP contribution in [-0.4, -0.2) is 48.2 Å². The maximum atomic E-state index is 12.7. The van der Waals surface area contributed by atoms with E-state index in [0.717, 1.165) is 25.9 Å². The van der Waals surface area contributed by atoms with E-state index in [4.69, 9.17) is 13.9 Å². The van der Waals surface area contributed by atoms with Crippen LogP contribution in [0.2, 0.25) is 0 Å². The zero-order valence-electron chi connectivity index (χ0n) is 14.1. The van der Waals surface area contributed by atoms with Crippen LogP contribution in [0.15, 0.2) is 47.2 Å². The third kappa shape index (κ3) is 3.26. The summed E-state index contributed by atoms with van der Waals surface area (Å²) in [5, 5.41) is 0. The Balaban J connectivity index is 1.51. The Morgan fingerprint density at radius 1 is 1.36 bits per heavy atom. The number of hydrogen-bond donors (Lipinski definition) is 0. The smallest absolute Gasteiger partial charge is 0.289 e. The van der Waals surface area contributed by atoms with Crippen molar-refractivity contribution >= 4 is 5.91 Å². The van der Waals surface area contributed by atoms with Gasteiger partial charge in [0.2, 0.25) is 5.88 Å². The van der Waals surface area contributed by atoms with Crippen molar-refractivity contribution < 1.29 is 18.7 Å². The first-order valence-corrected chi connectivity index (χ1v) is 8.75. The third-order valence-corrected chi connectivity index (χ3v) is 5.15. The second-order valence-electron chi connectivity index (χ2n) is 6.77. The summed E-state index contributed by atoms with van der Waals surface area (Å²) in [5.41, 5.74) is -0.198. The second kappa shape index (κ2) is 6.88. The van der Waals surface area contributed by atoms with E-state index in [1.807, 2.05) is 23.1 Å². The van der Waals surface area contributed by atoms with E-state index < -0.39 is 0 Å². The molecule has 2 aromatic heterocycles. The number of hydrogen-bond acceptors (Lipinski definition) is 5. The van der Waals surface area contributed by atoms with Gasteiger partial charge in [0.25, 0.3) is 5.91 Å². The Hall–Kier alpha value is -2.34. The van der Waals surface area contributed by atoms with Crippen molar-refractivity contribution in [1.29, 1.82) is 0 Å². The summed E-state index contributed by atoms with van der Waals surface area (Å²) >= 11 is 0. The highest BCUT2D eigenvalue weighted by Gasteiger charge is 2.48. The van der Waals surface area contributed by atoms with Crippen LogP contribution in [0.3, 0.4) is 0 Å². The lowest BCUT2D eigenvalue weighted by atomic mass is 9.73. The lowest BCUT2D eigenvalue weighted by Gasteiger charge is -2.49. The molecule has 6 heteroatoms. The Bertz CT molecular complexity index is 703. The maximum absolute atomic E-state index is 12.7. The number of fused-ring (bicyclic) bond motifs is 1. The first-order valence-electron chi connectivity index (χ1n) is 8.75. The molecular formula is C19H22N2O4. The number of aromatic nitrogens is 1. The zero-order valence-corrected chi connectivity index (χ0v) is 14.1. The molecule has 2 aliphatic rings. The third-order valence-electron chi connectivity index (χ3n) is 5.15. The van der Waals surface area contributed by atoms with Gasteiger partial charge in [0.1, 0.15) is 0 Å². The van der Waals surface area contributed by atoms with Gasteiger partial charge >= 0.3 is 0 Å². The summed E-state index contributed by atoms with van der Waals surface area (Å²) in [6.07, 6.45) is 6.14. The van der Waals surface area contributed by atoms with Crippen LogP contribution in [0.5, 0.6) is 5.88 Å². The summed E-state index contributed by atoms with van der Waals surface area (Å²) in [6.45, 7) is 2.57.